The summed E-state index contributed by atoms with van der Waals surface area (Å²) < 4.78 is 9.08. The van der Waals surface area contributed by atoms with Gasteiger partial charge in [0.05, 0.1) is 6.61 Å². The summed E-state index contributed by atoms with van der Waals surface area (Å²) in [5.41, 5.74) is 0.0495. The number of hydrogen-bond acceptors (Lipinski definition) is 4. The van der Waals surface area contributed by atoms with Gasteiger partial charge < -0.3 is 9.15 Å². The highest BCUT2D eigenvalue weighted by Crippen LogP contribution is 1.94. The summed E-state index contributed by atoms with van der Waals surface area (Å²) in [5.74, 6) is -1.22. The summed E-state index contributed by atoms with van der Waals surface area (Å²) >= 11 is 0. The summed E-state index contributed by atoms with van der Waals surface area (Å²) in [6.07, 6.45) is 1.79. The first kappa shape index (κ1) is 8.58. The van der Waals surface area contributed by atoms with Crippen molar-refractivity contribution in [3.63, 3.8) is 0 Å². The van der Waals surface area contributed by atoms with Crippen LogP contribution in [0.3, 0.4) is 0 Å². The number of carbonyl (C=O) groups excluding carboxylic acids is 1. The fourth-order valence-electron chi connectivity index (χ4n) is 0.653. The maximum atomic E-state index is 11.0. The molecule has 0 atom stereocenters. The van der Waals surface area contributed by atoms with E-state index in [1.807, 2.05) is 6.92 Å². The van der Waals surface area contributed by atoms with E-state index in [1.54, 1.807) is 0 Å². The minimum Gasteiger partial charge on any atom is -0.461 e. The fourth-order valence-corrected chi connectivity index (χ4v) is 0.653. The summed E-state index contributed by atoms with van der Waals surface area (Å²) in [6, 6.07) is 0. The molecule has 5 nitrogen and oxygen atoms in total. The van der Waals surface area contributed by atoms with Crippen molar-refractivity contribution < 1.29 is 13.9 Å². The first-order chi connectivity index (χ1) is 5.74. The zero-order chi connectivity index (χ0) is 8.97. The zero-order valence-corrected chi connectivity index (χ0v) is 6.62. The molecule has 0 aromatic carbocycles. The van der Waals surface area contributed by atoms with Crippen LogP contribution in [-0.2, 0) is 4.74 Å². The van der Waals surface area contributed by atoms with E-state index in [0.29, 0.717) is 6.61 Å². The highest BCUT2D eigenvalue weighted by atomic mass is 16.5. The van der Waals surface area contributed by atoms with Crippen molar-refractivity contribution in [2.45, 2.75) is 13.3 Å². The number of nitrogens with one attached hydrogen (secondary N) is 1. The second-order valence-corrected chi connectivity index (χ2v) is 2.20. The van der Waals surface area contributed by atoms with Gasteiger partial charge in [0.25, 0.3) is 0 Å². The molecule has 0 spiro atoms. The van der Waals surface area contributed by atoms with Crippen LogP contribution in [-0.4, -0.2) is 17.6 Å². The number of rotatable bonds is 3. The molecule has 0 radical (unpaired) electrons. The smallest absolute Gasteiger partial charge is 0.416 e. The molecule has 1 rings (SSSR count). The van der Waals surface area contributed by atoms with Crippen molar-refractivity contribution in [3.05, 3.63) is 22.5 Å². The van der Waals surface area contributed by atoms with Gasteiger partial charge >= 0.3 is 11.7 Å². The number of aromatic nitrogens is 1. The van der Waals surface area contributed by atoms with Gasteiger partial charge in [-0.1, -0.05) is 6.92 Å². The molecule has 0 saturated heterocycles. The molecule has 0 aliphatic rings. The SMILES string of the molecule is CCCOC(=O)c1coc(=O)[nH]1. The third-order valence-electron chi connectivity index (χ3n) is 1.18. The van der Waals surface area contributed by atoms with E-state index in [9.17, 15) is 9.59 Å². The molecule has 0 fully saturated rings. The van der Waals surface area contributed by atoms with Gasteiger partial charge in [-0.15, -0.1) is 0 Å². The van der Waals surface area contributed by atoms with E-state index in [2.05, 4.69) is 9.40 Å². The molecule has 12 heavy (non-hydrogen) atoms. The van der Waals surface area contributed by atoms with Gasteiger partial charge in [-0.3, -0.25) is 4.98 Å². The molecular weight excluding hydrogens is 162 g/mol. The van der Waals surface area contributed by atoms with Gasteiger partial charge in [-0.25, -0.2) is 9.59 Å². The number of oxazole rings is 1. The molecule has 0 unspecified atom stereocenters. The second kappa shape index (κ2) is 3.75. The Morgan fingerprint density at radius 1 is 1.75 bits per heavy atom. The number of ether oxygens (including phenoxy) is 1. The largest absolute Gasteiger partial charge is 0.461 e. The normalized spacial score (nSPS) is 9.75. The van der Waals surface area contributed by atoms with Crippen molar-refractivity contribution in [1.29, 1.82) is 0 Å². The van der Waals surface area contributed by atoms with E-state index in [4.69, 9.17) is 4.74 Å². The van der Waals surface area contributed by atoms with Gasteiger partial charge in [0.15, 0.2) is 5.69 Å². The van der Waals surface area contributed by atoms with E-state index in [-0.39, 0.29) is 5.69 Å². The average Bonchev–Trinajstić information content (AvgIpc) is 2.47. The Bertz CT molecular complexity index is 311. The van der Waals surface area contributed by atoms with Gasteiger partial charge in [0.1, 0.15) is 6.26 Å². The monoisotopic (exact) mass is 171 g/mol. The second-order valence-electron chi connectivity index (χ2n) is 2.20. The van der Waals surface area contributed by atoms with Crippen molar-refractivity contribution >= 4 is 5.97 Å². The number of H-pyrrole nitrogens is 1. The van der Waals surface area contributed by atoms with Gasteiger partial charge in [0.2, 0.25) is 0 Å². The Morgan fingerprint density at radius 3 is 3.00 bits per heavy atom. The van der Waals surface area contributed by atoms with Crippen LogP contribution in [0.1, 0.15) is 23.8 Å². The molecule has 5 heteroatoms. The number of aromatic amines is 1. The minimum atomic E-state index is -0.654. The van der Waals surface area contributed by atoms with Crippen LogP contribution in [0.5, 0.6) is 0 Å². The lowest BCUT2D eigenvalue weighted by Crippen LogP contribution is -2.08. The minimum absolute atomic E-state index is 0.0495. The van der Waals surface area contributed by atoms with E-state index in [0.717, 1.165) is 12.7 Å². The Labute approximate surface area is 68.3 Å². The summed E-state index contributed by atoms with van der Waals surface area (Å²) in [4.78, 5) is 23.6. The highest BCUT2D eigenvalue weighted by Gasteiger charge is 2.09. The summed E-state index contributed by atoms with van der Waals surface area (Å²) in [7, 11) is 0. The molecule has 0 aliphatic heterocycles. The Morgan fingerprint density at radius 2 is 2.50 bits per heavy atom. The Hall–Kier alpha value is -1.52. The summed E-state index contributed by atoms with van der Waals surface area (Å²) in [6.45, 7) is 2.22. The molecule has 1 aromatic rings. The van der Waals surface area contributed by atoms with Crippen LogP contribution in [0, 0.1) is 0 Å². The fraction of sp³-hybridized carbons (Fsp3) is 0.429. The van der Waals surface area contributed by atoms with Crippen molar-refractivity contribution in [2.24, 2.45) is 0 Å². The zero-order valence-electron chi connectivity index (χ0n) is 6.62. The van der Waals surface area contributed by atoms with Crippen LogP contribution in [0.4, 0.5) is 0 Å². The molecule has 1 aromatic heterocycles. The lowest BCUT2D eigenvalue weighted by atomic mass is 10.5. The maximum Gasteiger partial charge on any atom is 0.416 e. The number of carbonyl (C=O) groups is 1. The Balaban J connectivity index is 2.59. The van der Waals surface area contributed by atoms with Crippen molar-refractivity contribution in [1.82, 2.24) is 4.98 Å². The van der Waals surface area contributed by atoms with E-state index in [1.165, 1.54) is 0 Å². The third kappa shape index (κ3) is 1.98. The Kier molecular flexibility index (Phi) is 2.68. The van der Waals surface area contributed by atoms with Crippen LogP contribution in [0.2, 0.25) is 0 Å². The first-order valence-electron chi connectivity index (χ1n) is 3.59. The van der Waals surface area contributed by atoms with Gasteiger partial charge in [-0.05, 0) is 6.42 Å². The summed E-state index contributed by atoms with van der Waals surface area (Å²) in [5, 5.41) is 0. The van der Waals surface area contributed by atoms with Crippen molar-refractivity contribution in [3.8, 4) is 0 Å². The molecule has 0 amide bonds. The standard InChI is InChI=1S/C7H9NO4/c1-2-3-11-6(9)5-4-12-7(10)8-5/h4H,2-3H2,1H3,(H,8,10). The van der Waals surface area contributed by atoms with Crippen LogP contribution >= 0.6 is 0 Å². The van der Waals surface area contributed by atoms with Gasteiger partial charge in [0, 0.05) is 0 Å². The molecule has 0 bridgehead atoms. The number of esters is 1. The average molecular weight is 171 g/mol. The molecule has 1 heterocycles. The predicted octanol–water partition coefficient (Wildman–Crippen LogP) is 0.535. The number of hydrogen-bond donors (Lipinski definition) is 1. The molecular formula is C7H9NO4. The molecule has 0 aliphatic carbocycles. The van der Waals surface area contributed by atoms with Crippen LogP contribution in [0.15, 0.2) is 15.5 Å². The third-order valence-corrected chi connectivity index (χ3v) is 1.18. The quantitative estimate of drug-likeness (QED) is 0.673. The van der Waals surface area contributed by atoms with Crippen LogP contribution < -0.4 is 5.76 Å². The van der Waals surface area contributed by atoms with Crippen LogP contribution in [0.25, 0.3) is 0 Å². The first-order valence-corrected chi connectivity index (χ1v) is 3.59. The highest BCUT2D eigenvalue weighted by molar-refractivity contribution is 5.86. The molecule has 1 N–H and O–H groups in total. The van der Waals surface area contributed by atoms with E-state index < -0.39 is 11.7 Å². The topological polar surface area (TPSA) is 72.3 Å². The molecule has 66 valence electrons. The van der Waals surface area contributed by atoms with Crippen molar-refractivity contribution in [2.75, 3.05) is 6.61 Å². The predicted molar refractivity (Wildman–Crippen MR) is 39.9 cm³/mol. The molecule has 0 saturated carbocycles. The van der Waals surface area contributed by atoms with E-state index >= 15 is 0 Å². The lowest BCUT2D eigenvalue weighted by molar-refractivity contribution is 0.0498. The van der Waals surface area contributed by atoms with Gasteiger partial charge in [-0.2, -0.15) is 0 Å². The lowest BCUT2D eigenvalue weighted by Gasteiger charge is -1.97. The maximum absolute atomic E-state index is 11.0.